The summed E-state index contributed by atoms with van der Waals surface area (Å²) in [6.45, 7) is 11.7. The first-order chi connectivity index (χ1) is 19.7. The first kappa shape index (κ1) is 29.0. The number of aromatic nitrogens is 1. The second-order valence-electron chi connectivity index (χ2n) is 12.0. The standard InChI is InChI=1S/C33H40N4O3S/c1-20(2)15-26-16-23(30-22(5)35-19-41-30)12-13-24(26)17-34-31(38)28-11-8-14-36(28)33(40)29(21(3)4)37-18-25-9-6-7-10-27(25)32(37)39/h6-7,9-10,12-13,16,19-21,28-29H,8,11,14-15,17-18H2,1-5H3,(H,34,38). The number of hydrogen-bond acceptors (Lipinski definition) is 5. The van der Waals surface area contributed by atoms with Crippen LogP contribution in [-0.4, -0.2) is 51.1 Å². The van der Waals surface area contributed by atoms with Crippen LogP contribution in [0.25, 0.3) is 10.4 Å². The summed E-state index contributed by atoms with van der Waals surface area (Å²) in [6.07, 6.45) is 2.30. The number of benzene rings is 2. The van der Waals surface area contributed by atoms with Crippen LogP contribution in [0.2, 0.25) is 0 Å². The smallest absolute Gasteiger partial charge is 0.255 e. The molecule has 216 valence electrons. The van der Waals surface area contributed by atoms with Crippen LogP contribution in [0.4, 0.5) is 0 Å². The zero-order valence-electron chi connectivity index (χ0n) is 24.6. The average Bonchev–Trinajstić information content (AvgIpc) is 3.67. The van der Waals surface area contributed by atoms with Crippen LogP contribution in [0.15, 0.2) is 48.0 Å². The molecular formula is C33H40N4O3S. The highest BCUT2D eigenvalue weighted by Gasteiger charge is 2.43. The Labute approximate surface area is 247 Å². The van der Waals surface area contributed by atoms with Gasteiger partial charge < -0.3 is 15.1 Å². The van der Waals surface area contributed by atoms with Crippen molar-refractivity contribution in [2.24, 2.45) is 11.8 Å². The Morgan fingerprint density at radius 2 is 1.88 bits per heavy atom. The Kier molecular flexibility index (Phi) is 8.59. The van der Waals surface area contributed by atoms with Crippen LogP contribution in [0.5, 0.6) is 0 Å². The van der Waals surface area contributed by atoms with E-state index in [-0.39, 0.29) is 23.6 Å². The van der Waals surface area contributed by atoms with Gasteiger partial charge in [0.1, 0.15) is 12.1 Å². The molecule has 2 aliphatic rings. The van der Waals surface area contributed by atoms with Gasteiger partial charge in [-0.2, -0.15) is 0 Å². The fourth-order valence-electron chi connectivity index (χ4n) is 6.20. The molecule has 5 rings (SSSR count). The molecule has 8 heteroatoms. The zero-order chi connectivity index (χ0) is 29.3. The lowest BCUT2D eigenvalue weighted by Gasteiger charge is -2.35. The van der Waals surface area contributed by atoms with Crippen molar-refractivity contribution in [3.05, 3.63) is 75.9 Å². The van der Waals surface area contributed by atoms with Crippen molar-refractivity contribution >= 4 is 29.1 Å². The lowest BCUT2D eigenvalue weighted by Crippen LogP contribution is -2.55. The molecule has 2 aromatic carbocycles. The summed E-state index contributed by atoms with van der Waals surface area (Å²) in [5, 5.41) is 3.14. The predicted octanol–water partition coefficient (Wildman–Crippen LogP) is 5.60. The van der Waals surface area contributed by atoms with Crippen molar-refractivity contribution in [1.29, 1.82) is 0 Å². The minimum absolute atomic E-state index is 0.0793. The van der Waals surface area contributed by atoms with Crippen LogP contribution in [0.1, 0.15) is 73.3 Å². The van der Waals surface area contributed by atoms with Crippen molar-refractivity contribution in [1.82, 2.24) is 20.1 Å². The van der Waals surface area contributed by atoms with E-state index in [9.17, 15) is 14.4 Å². The number of rotatable bonds is 9. The van der Waals surface area contributed by atoms with Gasteiger partial charge in [0, 0.05) is 25.2 Å². The Bertz CT molecular complexity index is 1450. The number of nitrogens with zero attached hydrogens (tertiary/aromatic N) is 3. The highest BCUT2D eigenvalue weighted by molar-refractivity contribution is 7.13. The number of carbonyl (C=O) groups excluding carboxylic acids is 3. The lowest BCUT2D eigenvalue weighted by molar-refractivity contribution is -0.143. The number of aryl methyl sites for hydroxylation is 1. The van der Waals surface area contributed by atoms with E-state index in [1.54, 1.807) is 21.1 Å². The minimum atomic E-state index is -0.608. The molecule has 1 N–H and O–H groups in total. The summed E-state index contributed by atoms with van der Waals surface area (Å²) in [5.74, 6) is 0.0142. The van der Waals surface area contributed by atoms with Crippen molar-refractivity contribution in [2.45, 2.75) is 79.1 Å². The monoisotopic (exact) mass is 572 g/mol. The number of likely N-dealkylation sites (tertiary alicyclic amines) is 1. The van der Waals surface area contributed by atoms with Gasteiger partial charge in [-0.1, -0.05) is 58.0 Å². The van der Waals surface area contributed by atoms with Gasteiger partial charge >= 0.3 is 0 Å². The first-order valence-electron chi connectivity index (χ1n) is 14.6. The summed E-state index contributed by atoms with van der Waals surface area (Å²) in [4.78, 5) is 49.7. The van der Waals surface area contributed by atoms with Gasteiger partial charge in [0.05, 0.1) is 16.1 Å². The number of amides is 3. The Morgan fingerprint density at radius 3 is 2.56 bits per heavy atom. The third-order valence-corrected chi connectivity index (χ3v) is 9.18. The van der Waals surface area contributed by atoms with E-state index < -0.39 is 12.1 Å². The summed E-state index contributed by atoms with van der Waals surface area (Å²) in [6, 6.07) is 12.8. The SMILES string of the molecule is Cc1ncsc1-c1ccc(CNC(=O)C2CCCN2C(=O)C(C(C)C)N2Cc3ccccc3C2=O)c(CC(C)C)c1. The molecule has 1 aromatic heterocycles. The predicted molar refractivity (Wildman–Crippen MR) is 162 cm³/mol. The molecule has 0 spiro atoms. The molecule has 0 radical (unpaired) electrons. The Balaban J connectivity index is 1.30. The second kappa shape index (κ2) is 12.1. The molecule has 3 aromatic rings. The van der Waals surface area contributed by atoms with E-state index in [2.05, 4.69) is 42.3 Å². The third-order valence-electron chi connectivity index (χ3n) is 8.20. The normalized spacial score (nSPS) is 17.4. The van der Waals surface area contributed by atoms with Gasteiger partial charge in [-0.05, 0) is 72.4 Å². The van der Waals surface area contributed by atoms with E-state index in [0.29, 0.717) is 37.5 Å². The molecule has 7 nitrogen and oxygen atoms in total. The summed E-state index contributed by atoms with van der Waals surface area (Å²) in [7, 11) is 0. The number of fused-ring (bicyclic) bond motifs is 1. The Hall–Kier alpha value is -3.52. The van der Waals surface area contributed by atoms with Gasteiger partial charge in [0.15, 0.2) is 0 Å². The summed E-state index contributed by atoms with van der Waals surface area (Å²) < 4.78 is 0. The third kappa shape index (κ3) is 5.94. The number of thiazole rings is 1. The zero-order valence-corrected chi connectivity index (χ0v) is 25.5. The second-order valence-corrected chi connectivity index (χ2v) is 12.9. The molecule has 0 bridgehead atoms. The number of hydrogen-bond donors (Lipinski definition) is 1. The number of carbonyl (C=O) groups is 3. The van der Waals surface area contributed by atoms with Gasteiger partial charge in [-0.25, -0.2) is 4.98 Å². The maximum absolute atomic E-state index is 14.0. The average molecular weight is 573 g/mol. The van der Waals surface area contributed by atoms with Gasteiger partial charge in [0.25, 0.3) is 5.91 Å². The van der Waals surface area contributed by atoms with Crippen LogP contribution < -0.4 is 5.32 Å². The van der Waals surface area contributed by atoms with E-state index in [4.69, 9.17) is 0 Å². The first-order valence-corrected chi connectivity index (χ1v) is 15.5. The maximum Gasteiger partial charge on any atom is 0.255 e. The quantitative estimate of drug-likeness (QED) is 0.362. The van der Waals surface area contributed by atoms with E-state index in [1.807, 2.05) is 50.5 Å². The van der Waals surface area contributed by atoms with Crippen molar-refractivity contribution in [2.75, 3.05) is 6.54 Å². The van der Waals surface area contributed by atoms with Crippen LogP contribution >= 0.6 is 11.3 Å². The van der Waals surface area contributed by atoms with Crippen molar-refractivity contribution < 1.29 is 14.4 Å². The fraction of sp³-hybridized carbons (Fsp3) is 0.455. The van der Waals surface area contributed by atoms with E-state index >= 15 is 0 Å². The number of nitrogens with one attached hydrogen (secondary N) is 1. The molecule has 1 saturated heterocycles. The molecule has 2 aliphatic heterocycles. The molecule has 0 aliphatic carbocycles. The van der Waals surface area contributed by atoms with Gasteiger partial charge in [-0.15, -0.1) is 11.3 Å². The lowest BCUT2D eigenvalue weighted by atomic mass is 9.95. The topological polar surface area (TPSA) is 82.6 Å². The van der Waals surface area contributed by atoms with Crippen LogP contribution in [0.3, 0.4) is 0 Å². The van der Waals surface area contributed by atoms with E-state index in [0.717, 1.165) is 35.2 Å². The fourth-order valence-corrected chi connectivity index (χ4v) is 7.00. The highest BCUT2D eigenvalue weighted by Crippen LogP contribution is 2.31. The highest BCUT2D eigenvalue weighted by atomic mass is 32.1. The van der Waals surface area contributed by atoms with Gasteiger partial charge in [0.2, 0.25) is 11.8 Å². The van der Waals surface area contributed by atoms with Crippen molar-refractivity contribution in [3.8, 4) is 10.4 Å². The van der Waals surface area contributed by atoms with Crippen LogP contribution in [0, 0.1) is 18.8 Å². The molecule has 1 fully saturated rings. The largest absolute Gasteiger partial charge is 0.350 e. The Morgan fingerprint density at radius 1 is 1.10 bits per heavy atom. The maximum atomic E-state index is 14.0. The molecule has 2 unspecified atom stereocenters. The molecule has 2 atom stereocenters. The van der Waals surface area contributed by atoms with Gasteiger partial charge in [-0.3, -0.25) is 14.4 Å². The molecule has 41 heavy (non-hydrogen) atoms. The van der Waals surface area contributed by atoms with E-state index in [1.165, 1.54) is 10.4 Å². The summed E-state index contributed by atoms with van der Waals surface area (Å²) >= 11 is 1.64. The molecule has 3 amide bonds. The molecular weight excluding hydrogens is 532 g/mol. The summed E-state index contributed by atoms with van der Waals surface area (Å²) in [5.41, 5.74) is 7.97. The van der Waals surface area contributed by atoms with Crippen molar-refractivity contribution in [3.63, 3.8) is 0 Å². The minimum Gasteiger partial charge on any atom is -0.350 e. The molecule has 0 saturated carbocycles. The molecule has 3 heterocycles. The van der Waals surface area contributed by atoms with Crippen LogP contribution in [-0.2, 0) is 29.1 Å².